The number of benzene rings is 1. The van der Waals surface area contributed by atoms with E-state index >= 15 is 0 Å². The Labute approximate surface area is 152 Å². The zero-order chi connectivity index (χ0) is 17.6. The Bertz CT molecular complexity index is 988. The van der Waals surface area contributed by atoms with Crippen LogP contribution in [0, 0.1) is 5.95 Å². The molecule has 2 aromatic heterocycles. The molecule has 128 valence electrons. The molecule has 0 spiro atoms. The Hall–Kier alpha value is -2.41. The third kappa shape index (κ3) is 2.68. The van der Waals surface area contributed by atoms with Crippen LogP contribution in [0.5, 0.6) is 5.75 Å². The molecule has 1 N–H and O–H groups in total. The lowest BCUT2D eigenvalue weighted by molar-refractivity contribution is 0.0864. The van der Waals surface area contributed by atoms with Crippen molar-refractivity contribution in [3.8, 4) is 5.75 Å². The molecule has 1 amide bonds. The number of nitrogens with zero attached hydrogens (tertiary/aromatic N) is 2. The van der Waals surface area contributed by atoms with Gasteiger partial charge in [-0.3, -0.25) is 9.20 Å². The predicted molar refractivity (Wildman–Crippen MR) is 94.2 cm³/mol. The summed E-state index contributed by atoms with van der Waals surface area (Å²) in [5, 5.41) is 2.94. The number of hydrogen-bond acceptors (Lipinski definition) is 3. The molecule has 4 rings (SSSR count). The fraction of sp³-hybridized carbons (Fsp3) is 0.222. The first kappa shape index (κ1) is 16.1. The Morgan fingerprint density at radius 1 is 1.36 bits per heavy atom. The lowest BCUT2D eigenvalue weighted by Gasteiger charge is -2.36. The minimum atomic E-state index is -0.683. The standard InChI is InChI=1S/C18H15BrFN3O2/c1-18(8-9-25-13-5-3-2-4-12(13)18)22-17(24)15-16(20)23-10-11(19)6-7-14(23)21-15/h2-7,10H,8-9H2,1H3,(H,22,24). The highest BCUT2D eigenvalue weighted by Gasteiger charge is 2.36. The van der Waals surface area contributed by atoms with Crippen LogP contribution in [-0.2, 0) is 5.54 Å². The molecular formula is C18H15BrFN3O2. The monoisotopic (exact) mass is 403 g/mol. The molecule has 1 aliphatic rings. The number of carbonyl (C=O) groups is 1. The molecule has 0 saturated carbocycles. The summed E-state index contributed by atoms with van der Waals surface area (Å²) in [6, 6.07) is 10.9. The zero-order valence-corrected chi connectivity index (χ0v) is 15.0. The van der Waals surface area contributed by atoms with E-state index in [0.717, 1.165) is 11.3 Å². The van der Waals surface area contributed by atoms with Crippen molar-refractivity contribution in [2.45, 2.75) is 18.9 Å². The van der Waals surface area contributed by atoms with Gasteiger partial charge in [0, 0.05) is 22.7 Å². The molecule has 3 heterocycles. The maximum absolute atomic E-state index is 14.6. The van der Waals surface area contributed by atoms with Crippen LogP contribution in [0.2, 0.25) is 0 Å². The van der Waals surface area contributed by atoms with E-state index < -0.39 is 17.4 Å². The van der Waals surface area contributed by atoms with Crippen molar-refractivity contribution in [1.29, 1.82) is 0 Å². The molecular weight excluding hydrogens is 389 g/mol. The number of ether oxygens (including phenoxy) is 1. The van der Waals surface area contributed by atoms with Crippen LogP contribution in [0.4, 0.5) is 4.39 Å². The minimum Gasteiger partial charge on any atom is -0.493 e. The van der Waals surface area contributed by atoms with E-state index in [0.29, 0.717) is 23.1 Å². The number of nitrogens with one attached hydrogen (secondary N) is 1. The highest BCUT2D eigenvalue weighted by Crippen LogP contribution is 2.36. The molecule has 0 fully saturated rings. The summed E-state index contributed by atoms with van der Waals surface area (Å²) in [7, 11) is 0. The summed E-state index contributed by atoms with van der Waals surface area (Å²) >= 11 is 3.29. The van der Waals surface area contributed by atoms with E-state index in [4.69, 9.17) is 4.74 Å². The van der Waals surface area contributed by atoms with Crippen molar-refractivity contribution in [3.05, 3.63) is 64.3 Å². The fourth-order valence-electron chi connectivity index (χ4n) is 3.12. The van der Waals surface area contributed by atoms with Crippen LogP contribution < -0.4 is 10.1 Å². The van der Waals surface area contributed by atoms with E-state index in [1.54, 1.807) is 18.3 Å². The van der Waals surface area contributed by atoms with Gasteiger partial charge in [0.25, 0.3) is 5.91 Å². The molecule has 5 nitrogen and oxygen atoms in total. The molecule has 0 aliphatic carbocycles. The molecule has 0 bridgehead atoms. The van der Waals surface area contributed by atoms with E-state index in [2.05, 4.69) is 26.2 Å². The number of aromatic nitrogens is 2. The van der Waals surface area contributed by atoms with Gasteiger partial charge in [-0.05, 0) is 41.1 Å². The van der Waals surface area contributed by atoms with Crippen LogP contribution in [0.3, 0.4) is 0 Å². The molecule has 1 unspecified atom stereocenters. The zero-order valence-electron chi connectivity index (χ0n) is 13.4. The van der Waals surface area contributed by atoms with Crippen molar-refractivity contribution in [3.63, 3.8) is 0 Å². The van der Waals surface area contributed by atoms with Gasteiger partial charge >= 0.3 is 0 Å². The van der Waals surface area contributed by atoms with Crippen LogP contribution in [0.15, 0.2) is 47.1 Å². The molecule has 7 heteroatoms. The number of imidazole rings is 1. The first-order valence-corrected chi connectivity index (χ1v) is 8.65. The minimum absolute atomic E-state index is 0.219. The maximum Gasteiger partial charge on any atom is 0.275 e. The second kappa shape index (κ2) is 5.84. The number of para-hydroxylation sites is 1. The predicted octanol–water partition coefficient (Wildman–Crippen LogP) is 3.66. The van der Waals surface area contributed by atoms with Crippen LogP contribution >= 0.6 is 15.9 Å². The lowest BCUT2D eigenvalue weighted by atomic mass is 9.86. The summed E-state index contributed by atoms with van der Waals surface area (Å²) in [5.41, 5.74) is 0.391. The maximum atomic E-state index is 14.6. The van der Waals surface area contributed by atoms with E-state index in [1.807, 2.05) is 31.2 Å². The Morgan fingerprint density at radius 2 is 2.16 bits per heavy atom. The van der Waals surface area contributed by atoms with Gasteiger partial charge in [-0.1, -0.05) is 18.2 Å². The van der Waals surface area contributed by atoms with Gasteiger partial charge in [0.2, 0.25) is 5.95 Å². The first-order valence-electron chi connectivity index (χ1n) is 7.86. The highest BCUT2D eigenvalue weighted by molar-refractivity contribution is 9.10. The van der Waals surface area contributed by atoms with E-state index in [9.17, 15) is 9.18 Å². The molecule has 1 aromatic carbocycles. The number of pyridine rings is 1. The lowest BCUT2D eigenvalue weighted by Crippen LogP contribution is -2.46. The van der Waals surface area contributed by atoms with E-state index in [1.165, 1.54) is 4.40 Å². The Balaban J connectivity index is 1.70. The van der Waals surface area contributed by atoms with Crippen LogP contribution in [-0.4, -0.2) is 21.9 Å². The average Bonchev–Trinajstić information content (AvgIpc) is 2.92. The van der Waals surface area contributed by atoms with Gasteiger partial charge in [-0.15, -0.1) is 0 Å². The summed E-state index contributed by atoms with van der Waals surface area (Å²) in [6.45, 7) is 2.39. The van der Waals surface area contributed by atoms with Crippen molar-refractivity contribution in [2.24, 2.45) is 0 Å². The summed E-state index contributed by atoms with van der Waals surface area (Å²) in [6.07, 6.45) is 2.14. The quantitative estimate of drug-likeness (QED) is 0.710. The first-order chi connectivity index (χ1) is 12.0. The van der Waals surface area contributed by atoms with Gasteiger partial charge in [-0.2, -0.15) is 4.39 Å². The summed E-state index contributed by atoms with van der Waals surface area (Å²) in [5.74, 6) is -0.495. The summed E-state index contributed by atoms with van der Waals surface area (Å²) < 4.78 is 22.2. The van der Waals surface area contributed by atoms with Crippen LogP contribution in [0.1, 0.15) is 29.4 Å². The number of hydrogen-bond donors (Lipinski definition) is 1. The number of amides is 1. The highest BCUT2D eigenvalue weighted by atomic mass is 79.9. The van der Waals surface area contributed by atoms with E-state index in [-0.39, 0.29) is 5.69 Å². The second-order valence-corrected chi connectivity index (χ2v) is 7.12. The molecule has 0 radical (unpaired) electrons. The number of rotatable bonds is 2. The molecule has 1 atom stereocenters. The normalized spacial score (nSPS) is 19.3. The van der Waals surface area contributed by atoms with Crippen molar-refractivity contribution >= 4 is 27.5 Å². The third-order valence-corrected chi connectivity index (χ3v) is 4.94. The average molecular weight is 404 g/mol. The van der Waals surface area contributed by atoms with Gasteiger partial charge in [-0.25, -0.2) is 4.98 Å². The SMILES string of the molecule is CC1(NC(=O)c2nc3ccc(Br)cn3c2F)CCOc2ccccc21. The topological polar surface area (TPSA) is 55.6 Å². The third-order valence-electron chi connectivity index (χ3n) is 4.47. The number of halogens is 2. The smallest absolute Gasteiger partial charge is 0.275 e. The largest absolute Gasteiger partial charge is 0.493 e. The molecule has 1 aliphatic heterocycles. The van der Waals surface area contributed by atoms with Crippen molar-refractivity contribution in [2.75, 3.05) is 6.61 Å². The Kier molecular flexibility index (Phi) is 3.76. The number of fused-ring (bicyclic) bond motifs is 2. The van der Waals surface area contributed by atoms with Crippen molar-refractivity contribution in [1.82, 2.24) is 14.7 Å². The van der Waals surface area contributed by atoms with Gasteiger partial charge in [0.05, 0.1) is 12.1 Å². The summed E-state index contributed by atoms with van der Waals surface area (Å²) in [4.78, 5) is 16.9. The van der Waals surface area contributed by atoms with Gasteiger partial charge in [0.15, 0.2) is 5.69 Å². The van der Waals surface area contributed by atoms with Crippen molar-refractivity contribution < 1.29 is 13.9 Å². The van der Waals surface area contributed by atoms with Gasteiger partial charge in [0.1, 0.15) is 11.4 Å². The second-order valence-electron chi connectivity index (χ2n) is 6.21. The molecule has 0 saturated heterocycles. The Morgan fingerprint density at radius 3 is 3.00 bits per heavy atom. The number of carbonyl (C=O) groups excluding carboxylic acids is 1. The fourth-order valence-corrected chi connectivity index (χ4v) is 3.46. The van der Waals surface area contributed by atoms with Gasteiger partial charge < -0.3 is 10.1 Å². The molecule has 25 heavy (non-hydrogen) atoms. The van der Waals surface area contributed by atoms with Crippen LogP contribution in [0.25, 0.3) is 5.65 Å². The molecule has 3 aromatic rings.